The van der Waals surface area contributed by atoms with E-state index < -0.39 is 0 Å². The summed E-state index contributed by atoms with van der Waals surface area (Å²) in [6.07, 6.45) is 1.76. The summed E-state index contributed by atoms with van der Waals surface area (Å²) in [5, 5.41) is 10.2. The van der Waals surface area contributed by atoms with Gasteiger partial charge in [-0.25, -0.2) is 4.98 Å². The Labute approximate surface area is 119 Å². The maximum Gasteiger partial charge on any atom is 0.110 e. The van der Waals surface area contributed by atoms with Crippen molar-refractivity contribution in [2.24, 2.45) is 0 Å². The van der Waals surface area contributed by atoms with Crippen LogP contribution in [0.4, 0.5) is 0 Å². The van der Waals surface area contributed by atoms with E-state index in [4.69, 9.17) is 0 Å². The summed E-state index contributed by atoms with van der Waals surface area (Å²) in [6, 6.07) is 16.0. The molecule has 1 unspecified atom stereocenters. The van der Waals surface area contributed by atoms with Crippen LogP contribution in [-0.2, 0) is 0 Å². The predicted molar refractivity (Wildman–Crippen MR) is 77.5 cm³/mol. The maximum absolute atomic E-state index is 9.23. The SMILES string of the molecule is N#CC(CSc1ncccc1Br)c1ccccc1. The fourth-order valence-electron chi connectivity index (χ4n) is 1.53. The molecule has 0 aliphatic rings. The van der Waals surface area contributed by atoms with Crippen LogP contribution in [0.5, 0.6) is 0 Å². The molecule has 1 atom stereocenters. The Hall–Kier alpha value is -1.31. The summed E-state index contributed by atoms with van der Waals surface area (Å²) >= 11 is 5.05. The lowest BCUT2D eigenvalue weighted by atomic mass is 10.0. The molecule has 2 aromatic rings. The molecular formula is C14H11BrN2S. The monoisotopic (exact) mass is 318 g/mol. The fourth-order valence-corrected chi connectivity index (χ4v) is 3.06. The van der Waals surface area contributed by atoms with E-state index in [0.717, 1.165) is 15.1 Å². The lowest BCUT2D eigenvalue weighted by Crippen LogP contribution is -1.99. The molecule has 2 nitrogen and oxygen atoms in total. The van der Waals surface area contributed by atoms with E-state index in [0.29, 0.717) is 5.75 Å². The average Bonchev–Trinajstić information content (AvgIpc) is 2.42. The number of nitrogens with zero attached hydrogens (tertiary/aromatic N) is 2. The third kappa shape index (κ3) is 3.34. The highest BCUT2D eigenvalue weighted by Crippen LogP contribution is 2.29. The Morgan fingerprint density at radius 3 is 2.67 bits per heavy atom. The molecule has 90 valence electrons. The average molecular weight is 319 g/mol. The minimum absolute atomic E-state index is 0.106. The molecule has 0 aliphatic carbocycles. The Morgan fingerprint density at radius 2 is 2.00 bits per heavy atom. The van der Waals surface area contributed by atoms with Gasteiger partial charge in [-0.3, -0.25) is 0 Å². The quantitative estimate of drug-likeness (QED) is 0.791. The second-order valence-electron chi connectivity index (χ2n) is 3.69. The first-order valence-electron chi connectivity index (χ1n) is 5.49. The van der Waals surface area contributed by atoms with Crippen LogP contribution >= 0.6 is 27.7 Å². The molecule has 18 heavy (non-hydrogen) atoms. The molecule has 0 saturated heterocycles. The highest BCUT2D eigenvalue weighted by Gasteiger charge is 2.12. The van der Waals surface area contributed by atoms with Crippen molar-refractivity contribution in [2.45, 2.75) is 10.9 Å². The second kappa shape index (κ2) is 6.58. The van der Waals surface area contributed by atoms with Crippen molar-refractivity contribution in [1.82, 2.24) is 4.98 Å². The second-order valence-corrected chi connectivity index (χ2v) is 5.56. The first kappa shape index (κ1) is 13.1. The molecule has 4 heteroatoms. The number of nitriles is 1. The minimum Gasteiger partial charge on any atom is -0.249 e. The molecule has 0 radical (unpaired) electrons. The number of pyridine rings is 1. The van der Waals surface area contributed by atoms with Crippen molar-refractivity contribution in [3.63, 3.8) is 0 Å². The van der Waals surface area contributed by atoms with E-state index in [2.05, 4.69) is 27.0 Å². The summed E-state index contributed by atoms with van der Waals surface area (Å²) in [5.74, 6) is 0.598. The molecule has 0 aliphatic heterocycles. The standard InChI is InChI=1S/C14H11BrN2S/c15-13-7-4-8-17-14(13)18-10-12(9-16)11-5-2-1-3-6-11/h1-8,12H,10H2. The van der Waals surface area contributed by atoms with Crippen molar-refractivity contribution in [2.75, 3.05) is 5.75 Å². The molecule has 0 bridgehead atoms. The molecule has 0 amide bonds. The molecule has 1 aromatic heterocycles. The third-order valence-corrected chi connectivity index (χ3v) is 4.47. The van der Waals surface area contributed by atoms with E-state index in [1.54, 1.807) is 18.0 Å². The highest BCUT2D eigenvalue weighted by atomic mass is 79.9. The number of hydrogen-bond donors (Lipinski definition) is 0. The van der Waals surface area contributed by atoms with Gasteiger partial charge in [-0.2, -0.15) is 5.26 Å². The van der Waals surface area contributed by atoms with Crippen LogP contribution in [0, 0.1) is 11.3 Å². The molecule has 0 N–H and O–H groups in total. The van der Waals surface area contributed by atoms with Crippen LogP contribution in [0.15, 0.2) is 58.2 Å². The van der Waals surface area contributed by atoms with E-state index >= 15 is 0 Å². The molecule has 0 saturated carbocycles. The molecule has 0 spiro atoms. The molecule has 1 aromatic carbocycles. The summed E-state index contributed by atoms with van der Waals surface area (Å²) in [6.45, 7) is 0. The smallest absolute Gasteiger partial charge is 0.110 e. The first-order valence-corrected chi connectivity index (χ1v) is 7.27. The first-order chi connectivity index (χ1) is 8.81. The Kier molecular flexibility index (Phi) is 4.80. The zero-order valence-corrected chi connectivity index (χ0v) is 12.0. The topological polar surface area (TPSA) is 36.7 Å². The van der Waals surface area contributed by atoms with Gasteiger partial charge < -0.3 is 0 Å². The van der Waals surface area contributed by atoms with Crippen LogP contribution in [-0.4, -0.2) is 10.7 Å². The van der Waals surface area contributed by atoms with Gasteiger partial charge >= 0.3 is 0 Å². The molecular weight excluding hydrogens is 308 g/mol. The summed E-state index contributed by atoms with van der Waals surface area (Å²) in [4.78, 5) is 4.28. The Balaban J connectivity index is 2.05. The predicted octanol–water partition coefficient (Wildman–Crippen LogP) is 4.24. The van der Waals surface area contributed by atoms with Gasteiger partial charge in [0.05, 0.1) is 12.0 Å². The van der Waals surface area contributed by atoms with Crippen molar-refractivity contribution < 1.29 is 0 Å². The van der Waals surface area contributed by atoms with Gasteiger partial charge in [0.1, 0.15) is 5.03 Å². The van der Waals surface area contributed by atoms with Crippen LogP contribution in [0.1, 0.15) is 11.5 Å². The van der Waals surface area contributed by atoms with E-state index in [1.807, 2.05) is 42.5 Å². The van der Waals surface area contributed by atoms with E-state index in [9.17, 15) is 5.26 Å². The lowest BCUT2D eigenvalue weighted by Gasteiger charge is -2.09. The highest BCUT2D eigenvalue weighted by molar-refractivity contribution is 9.10. The van der Waals surface area contributed by atoms with Gasteiger partial charge in [0.25, 0.3) is 0 Å². The van der Waals surface area contributed by atoms with E-state index in [-0.39, 0.29) is 5.92 Å². The number of hydrogen-bond acceptors (Lipinski definition) is 3. The van der Waals surface area contributed by atoms with E-state index in [1.165, 1.54) is 0 Å². The number of halogens is 1. The van der Waals surface area contributed by atoms with Crippen LogP contribution in [0.2, 0.25) is 0 Å². The molecule has 2 rings (SSSR count). The third-order valence-electron chi connectivity index (χ3n) is 2.47. The van der Waals surface area contributed by atoms with Crippen LogP contribution in [0.25, 0.3) is 0 Å². The van der Waals surface area contributed by atoms with Crippen molar-refractivity contribution >= 4 is 27.7 Å². The zero-order chi connectivity index (χ0) is 12.8. The Bertz CT molecular complexity index is 551. The number of thioether (sulfide) groups is 1. The minimum atomic E-state index is -0.106. The van der Waals surface area contributed by atoms with Crippen LogP contribution < -0.4 is 0 Å². The lowest BCUT2D eigenvalue weighted by molar-refractivity contribution is 0.989. The number of benzene rings is 1. The maximum atomic E-state index is 9.23. The Morgan fingerprint density at radius 1 is 1.22 bits per heavy atom. The summed E-state index contributed by atoms with van der Waals surface area (Å²) in [7, 11) is 0. The van der Waals surface area contributed by atoms with Gasteiger partial charge in [0.2, 0.25) is 0 Å². The normalized spacial score (nSPS) is 11.8. The molecule has 1 heterocycles. The van der Waals surface area contributed by atoms with Crippen molar-refractivity contribution in [1.29, 1.82) is 5.26 Å². The van der Waals surface area contributed by atoms with Gasteiger partial charge in [0.15, 0.2) is 0 Å². The van der Waals surface area contributed by atoms with Gasteiger partial charge in [-0.05, 0) is 33.6 Å². The van der Waals surface area contributed by atoms with Gasteiger partial charge in [0, 0.05) is 16.4 Å². The summed E-state index contributed by atoms with van der Waals surface area (Å²) in [5.41, 5.74) is 1.06. The molecule has 0 fully saturated rings. The largest absolute Gasteiger partial charge is 0.249 e. The number of rotatable bonds is 4. The van der Waals surface area contributed by atoms with Crippen LogP contribution in [0.3, 0.4) is 0 Å². The van der Waals surface area contributed by atoms with Gasteiger partial charge in [-0.1, -0.05) is 30.3 Å². The van der Waals surface area contributed by atoms with Crippen molar-refractivity contribution in [3.05, 3.63) is 58.7 Å². The number of aromatic nitrogens is 1. The summed E-state index contributed by atoms with van der Waals surface area (Å²) < 4.78 is 0.972. The fraction of sp³-hybridized carbons (Fsp3) is 0.143. The van der Waals surface area contributed by atoms with Crippen molar-refractivity contribution in [3.8, 4) is 6.07 Å². The van der Waals surface area contributed by atoms with Gasteiger partial charge in [-0.15, -0.1) is 11.8 Å². The zero-order valence-electron chi connectivity index (χ0n) is 9.58.